The number of rotatable bonds is 6. The highest BCUT2D eigenvalue weighted by molar-refractivity contribution is 7.91. The number of hydrogen-bond donors (Lipinski definition) is 1. The van der Waals surface area contributed by atoms with Gasteiger partial charge in [0.15, 0.2) is 19.7 Å². The smallest absolute Gasteiger partial charge is 0.177 e. The van der Waals surface area contributed by atoms with E-state index in [-0.39, 0.29) is 9.79 Å². The number of nitrogens with one attached hydrogen (secondary N) is 1. The van der Waals surface area contributed by atoms with E-state index < -0.39 is 19.7 Å². The van der Waals surface area contributed by atoms with Gasteiger partial charge in [0, 0.05) is 18.6 Å². The number of fused-ring (bicyclic) bond motifs is 1. The summed E-state index contributed by atoms with van der Waals surface area (Å²) in [5.74, 6) is 0.829. The lowest BCUT2D eigenvalue weighted by atomic mass is 10.3. The van der Waals surface area contributed by atoms with Crippen molar-refractivity contribution in [1.29, 1.82) is 0 Å². The molecule has 0 bridgehead atoms. The van der Waals surface area contributed by atoms with Gasteiger partial charge in [-0.3, -0.25) is 0 Å². The molecule has 1 aliphatic carbocycles. The molecule has 1 aromatic heterocycles. The highest BCUT2D eigenvalue weighted by atomic mass is 32.2. The second-order valence-corrected chi connectivity index (χ2v) is 11.2. The van der Waals surface area contributed by atoms with Crippen molar-refractivity contribution in [2.24, 2.45) is 0 Å². The molecule has 0 amide bonds. The Morgan fingerprint density at radius 2 is 1.75 bits per heavy atom. The summed E-state index contributed by atoms with van der Waals surface area (Å²) in [5.41, 5.74) is 2.34. The number of nitrogens with zero attached hydrogens (tertiary/aromatic N) is 2. The summed E-state index contributed by atoms with van der Waals surface area (Å²) in [5, 5.41) is 3.14. The Morgan fingerprint density at radius 1 is 1.04 bits per heavy atom. The molecule has 28 heavy (non-hydrogen) atoms. The van der Waals surface area contributed by atoms with Crippen molar-refractivity contribution >= 4 is 36.4 Å². The van der Waals surface area contributed by atoms with Gasteiger partial charge in [-0.15, -0.1) is 0 Å². The zero-order valence-corrected chi connectivity index (χ0v) is 17.2. The Bertz CT molecular complexity index is 1270. The number of benzene rings is 2. The van der Waals surface area contributed by atoms with Crippen molar-refractivity contribution in [3.05, 3.63) is 48.3 Å². The van der Waals surface area contributed by atoms with Crippen LogP contribution in [-0.4, -0.2) is 38.9 Å². The van der Waals surface area contributed by atoms with Crippen molar-refractivity contribution < 1.29 is 16.8 Å². The van der Waals surface area contributed by atoms with Crippen molar-refractivity contribution in [2.45, 2.75) is 35.2 Å². The molecular formula is C19H21N3O4S2. The molecule has 4 rings (SSSR count). The minimum Gasteiger partial charge on any atom is -0.377 e. The van der Waals surface area contributed by atoms with Gasteiger partial charge in [-0.2, -0.15) is 0 Å². The molecule has 9 heteroatoms. The van der Waals surface area contributed by atoms with Gasteiger partial charge in [0.05, 0.1) is 33.1 Å². The normalized spacial score (nSPS) is 15.1. The van der Waals surface area contributed by atoms with Crippen LogP contribution in [0.2, 0.25) is 0 Å². The molecule has 0 spiro atoms. The highest BCUT2D eigenvalue weighted by Crippen LogP contribution is 2.39. The van der Waals surface area contributed by atoms with E-state index in [4.69, 9.17) is 4.98 Å². The molecule has 0 unspecified atom stereocenters. The number of para-hydroxylation sites is 2. The van der Waals surface area contributed by atoms with E-state index in [1.165, 1.54) is 18.2 Å². The molecular weight excluding hydrogens is 398 g/mol. The van der Waals surface area contributed by atoms with E-state index in [2.05, 4.69) is 9.88 Å². The van der Waals surface area contributed by atoms with Crippen LogP contribution >= 0.6 is 0 Å². The average Bonchev–Trinajstić information content (AvgIpc) is 3.38. The minimum atomic E-state index is -3.61. The van der Waals surface area contributed by atoms with E-state index in [0.29, 0.717) is 18.3 Å². The minimum absolute atomic E-state index is 0.0244. The fourth-order valence-corrected chi connectivity index (χ4v) is 4.92. The Morgan fingerprint density at radius 3 is 2.39 bits per heavy atom. The summed E-state index contributed by atoms with van der Waals surface area (Å²) in [4.78, 5) is 4.63. The molecule has 1 aliphatic rings. The monoisotopic (exact) mass is 419 g/mol. The van der Waals surface area contributed by atoms with Gasteiger partial charge in [0.1, 0.15) is 5.82 Å². The third kappa shape index (κ3) is 3.64. The van der Waals surface area contributed by atoms with Gasteiger partial charge < -0.3 is 9.88 Å². The summed E-state index contributed by atoms with van der Waals surface area (Å²) in [6.07, 6.45) is 4.33. The first-order valence-corrected chi connectivity index (χ1v) is 12.7. The first-order chi connectivity index (χ1) is 13.1. The third-order valence-electron chi connectivity index (χ3n) is 4.80. The number of sulfone groups is 2. The summed E-state index contributed by atoms with van der Waals surface area (Å²) < 4.78 is 50.2. The van der Waals surface area contributed by atoms with Crippen molar-refractivity contribution in [1.82, 2.24) is 9.55 Å². The summed E-state index contributed by atoms with van der Waals surface area (Å²) in [6, 6.07) is 12.4. The van der Waals surface area contributed by atoms with E-state index in [1.807, 2.05) is 24.3 Å². The fraction of sp³-hybridized carbons (Fsp3) is 0.316. The lowest BCUT2D eigenvalue weighted by Crippen LogP contribution is -2.11. The first kappa shape index (κ1) is 18.9. The zero-order chi connectivity index (χ0) is 20.1. The van der Waals surface area contributed by atoms with Crippen molar-refractivity contribution in [3.8, 4) is 0 Å². The Balaban J connectivity index is 1.71. The third-order valence-corrected chi connectivity index (χ3v) is 7.05. The zero-order valence-electron chi connectivity index (χ0n) is 15.6. The second-order valence-electron chi connectivity index (χ2n) is 7.17. The standard InChI is InChI=1S/C19H21N3O4S2/c1-27(23,24)14-9-10-16(18(11-14)28(2,25)26)20-12-19-21-15-5-3-4-6-17(15)22(19)13-7-8-13/h3-6,9-11,13,20H,7-8,12H2,1-2H3. The number of aromatic nitrogens is 2. The quantitative estimate of drug-likeness (QED) is 0.660. The predicted molar refractivity (Wildman–Crippen MR) is 108 cm³/mol. The predicted octanol–water partition coefficient (Wildman–Crippen LogP) is 2.79. The van der Waals surface area contributed by atoms with Crippen molar-refractivity contribution in [3.63, 3.8) is 0 Å². The molecule has 1 saturated carbocycles. The number of anilines is 1. The fourth-order valence-electron chi connectivity index (χ4n) is 3.32. The first-order valence-electron chi connectivity index (χ1n) is 8.88. The number of hydrogen-bond acceptors (Lipinski definition) is 6. The van der Waals surface area contributed by atoms with Gasteiger partial charge in [0.25, 0.3) is 0 Å². The van der Waals surface area contributed by atoms with Crippen LogP contribution in [0.4, 0.5) is 5.69 Å². The lowest BCUT2D eigenvalue weighted by Gasteiger charge is -2.13. The van der Waals surface area contributed by atoms with E-state index in [9.17, 15) is 16.8 Å². The van der Waals surface area contributed by atoms with E-state index >= 15 is 0 Å². The molecule has 3 aromatic rings. The van der Waals surface area contributed by atoms with Crippen LogP contribution in [0, 0.1) is 0 Å². The van der Waals surface area contributed by atoms with Crippen LogP contribution in [0.1, 0.15) is 24.7 Å². The Hall–Kier alpha value is -2.39. The van der Waals surface area contributed by atoms with E-state index in [1.54, 1.807) is 0 Å². The van der Waals surface area contributed by atoms with Gasteiger partial charge in [0.2, 0.25) is 0 Å². The maximum absolute atomic E-state index is 12.2. The van der Waals surface area contributed by atoms with Gasteiger partial charge in [-0.05, 0) is 43.2 Å². The van der Waals surface area contributed by atoms with E-state index in [0.717, 1.165) is 42.2 Å². The molecule has 0 aliphatic heterocycles. The maximum atomic E-state index is 12.2. The van der Waals surface area contributed by atoms with Crippen LogP contribution in [0.3, 0.4) is 0 Å². The van der Waals surface area contributed by atoms with Gasteiger partial charge in [-0.1, -0.05) is 12.1 Å². The average molecular weight is 420 g/mol. The van der Waals surface area contributed by atoms with Gasteiger partial charge >= 0.3 is 0 Å². The SMILES string of the molecule is CS(=O)(=O)c1ccc(NCc2nc3ccccc3n2C2CC2)c(S(C)(=O)=O)c1. The summed E-state index contributed by atoms with van der Waals surface area (Å²) in [6.45, 7) is 0.339. The lowest BCUT2D eigenvalue weighted by molar-refractivity contribution is 0.600. The molecule has 0 radical (unpaired) electrons. The molecule has 7 nitrogen and oxygen atoms in total. The summed E-state index contributed by atoms with van der Waals surface area (Å²) >= 11 is 0. The Labute approximate surface area is 164 Å². The molecule has 1 fully saturated rings. The van der Waals surface area contributed by atoms with Crippen molar-refractivity contribution in [2.75, 3.05) is 17.8 Å². The van der Waals surface area contributed by atoms with Crippen LogP contribution in [0.25, 0.3) is 11.0 Å². The molecule has 2 aromatic carbocycles. The highest BCUT2D eigenvalue weighted by Gasteiger charge is 2.28. The van der Waals surface area contributed by atoms with Crippen LogP contribution < -0.4 is 5.32 Å². The van der Waals surface area contributed by atoms with Crippen LogP contribution in [-0.2, 0) is 26.2 Å². The molecule has 1 heterocycles. The maximum Gasteiger partial charge on any atom is 0.177 e. The number of imidazole rings is 1. The Kier molecular flexibility index (Phi) is 4.46. The summed E-state index contributed by atoms with van der Waals surface area (Å²) in [7, 11) is -7.12. The van der Waals surface area contributed by atoms with Gasteiger partial charge in [-0.25, -0.2) is 21.8 Å². The van der Waals surface area contributed by atoms with Crippen LogP contribution in [0.5, 0.6) is 0 Å². The van der Waals surface area contributed by atoms with Crippen LogP contribution in [0.15, 0.2) is 52.3 Å². The molecule has 0 saturated heterocycles. The molecule has 1 N–H and O–H groups in total. The largest absolute Gasteiger partial charge is 0.377 e. The second kappa shape index (κ2) is 6.59. The molecule has 148 valence electrons. The molecule has 0 atom stereocenters. The topological polar surface area (TPSA) is 98.1 Å².